The smallest absolute Gasteiger partial charge is 0.259 e. The molecule has 0 bridgehead atoms. The molecule has 1 nitrogen and oxygen atoms in total. The highest BCUT2D eigenvalue weighted by molar-refractivity contribution is 5.74. The molecular weight excluding hydrogens is 136 g/mol. The van der Waals surface area contributed by atoms with Crippen LogP contribution in [0.2, 0.25) is 0 Å². The van der Waals surface area contributed by atoms with Gasteiger partial charge in [-0.2, -0.15) is 8.78 Å². The molecule has 0 spiro atoms. The summed E-state index contributed by atoms with van der Waals surface area (Å²) in [4.78, 5) is 3.64. The van der Waals surface area contributed by atoms with Crippen LogP contribution in [0.3, 0.4) is 0 Å². The van der Waals surface area contributed by atoms with Gasteiger partial charge >= 0.3 is 5.92 Å². The summed E-state index contributed by atoms with van der Waals surface area (Å²) in [5.74, 6) is -2.43. The molecule has 0 radical (unpaired) electrons. The van der Waals surface area contributed by atoms with Crippen LogP contribution in [0.4, 0.5) is 8.78 Å². The van der Waals surface area contributed by atoms with Crippen molar-refractivity contribution in [3.05, 3.63) is 11.8 Å². The molecule has 0 aromatic heterocycles. The Morgan fingerprint density at radius 3 is 2.60 bits per heavy atom. The molecule has 0 N–H and O–H groups in total. The van der Waals surface area contributed by atoms with Crippen molar-refractivity contribution in [2.24, 2.45) is 10.9 Å². The Hall–Kier alpha value is -0.730. The number of nitrogens with zero attached hydrogens (tertiary/aromatic N) is 1. The molecule has 0 atom stereocenters. The van der Waals surface area contributed by atoms with Crippen LogP contribution >= 0.6 is 0 Å². The first kappa shape index (κ1) is 6.01. The molecule has 1 aliphatic carbocycles. The highest BCUT2D eigenvalue weighted by Gasteiger charge is 2.35. The summed E-state index contributed by atoms with van der Waals surface area (Å²) in [6.07, 6.45) is 3.74. The van der Waals surface area contributed by atoms with E-state index < -0.39 is 5.92 Å². The lowest BCUT2D eigenvalue weighted by Gasteiger charge is -1.96. The lowest BCUT2D eigenvalue weighted by atomic mass is 10.2. The van der Waals surface area contributed by atoms with Crippen molar-refractivity contribution in [1.29, 1.82) is 0 Å². The second-order valence-corrected chi connectivity index (χ2v) is 2.78. The molecule has 0 aromatic rings. The van der Waals surface area contributed by atoms with Gasteiger partial charge in [0.05, 0.1) is 6.21 Å². The highest BCUT2D eigenvalue weighted by atomic mass is 19.3. The van der Waals surface area contributed by atoms with E-state index in [2.05, 4.69) is 4.99 Å². The van der Waals surface area contributed by atoms with E-state index in [1.807, 2.05) is 0 Å². The van der Waals surface area contributed by atoms with Crippen LogP contribution in [0, 0.1) is 5.92 Å². The molecule has 0 aromatic carbocycles. The average molecular weight is 143 g/mol. The summed E-state index contributed by atoms with van der Waals surface area (Å²) in [5.41, 5.74) is 0.588. The molecule has 0 unspecified atom stereocenters. The monoisotopic (exact) mass is 143 g/mol. The number of allylic oxidation sites excluding steroid dienone is 2. The normalized spacial score (nSPS) is 28.8. The molecule has 2 rings (SSSR count). The molecule has 54 valence electrons. The maximum atomic E-state index is 12.4. The maximum absolute atomic E-state index is 12.4. The molecule has 3 heteroatoms. The van der Waals surface area contributed by atoms with E-state index >= 15 is 0 Å². The predicted octanol–water partition coefficient (Wildman–Crippen LogP) is 2.00. The quantitative estimate of drug-likeness (QED) is 0.532. The van der Waals surface area contributed by atoms with Crippen molar-refractivity contribution < 1.29 is 8.78 Å². The van der Waals surface area contributed by atoms with Crippen molar-refractivity contribution >= 4 is 6.21 Å². The standard InChI is InChI=1S/C7H7F2N/c8-7(9)3-6(10-4-7)5-1-2-5/h3-5H,1-2H2. The van der Waals surface area contributed by atoms with Crippen molar-refractivity contribution in [2.75, 3.05) is 0 Å². The Morgan fingerprint density at radius 2 is 2.20 bits per heavy atom. The summed E-state index contributed by atoms with van der Waals surface area (Å²) < 4.78 is 24.7. The van der Waals surface area contributed by atoms with E-state index in [0.717, 1.165) is 25.1 Å². The van der Waals surface area contributed by atoms with Crippen LogP contribution < -0.4 is 0 Å². The van der Waals surface area contributed by atoms with E-state index in [0.29, 0.717) is 11.6 Å². The Labute approximate surface area is 57.5 Å². The summed E-state index contributed by atoms with van der Waals surface area (Å²) >= 11 is 0. The van der Waals surface area contributed by atoms with E-state index in [-0.39, 0.29) is 0 Å². The minimum Gasteiger partial charge on any atom is -0.259 e. The Kier molecular flexibility index (Phi) is 0.993. The Balaban J connectivity index is 2.19. The van der Waals surface area contributed by atoms with Crippen LogP contribution in [0.5, 0.6) is 0 Å². The molecular formula is C7H7F2N. The fraction of sp³-hybridized carbons (Fsp3) is 0.571. The fourth-order valence-electron chi connectivity index (χ4n) is 1.03. The Bertz CT molecular complexity index is 214. The van der Waals surface area contributed by atoms with Gasteiger partial charge in [0.1, 0.15) is 0 Å². The minimum atomic E-state index is -2.77. The molecule has 2 aliphatic rings. The SMILES string of the molecule is FC1(F)C=NC(C2CC2)=C1. The number of halogens is 2. The van der Waals surface area contributed by atoms with Crippen LogP contribution in [-0.2, 0) is 0 Å². The number of alkyl halides is 2. The van der Waals surface area contributed by atoms with Crippen LogP contribution in [-0.4, -0.2) is 12.1 Å². The van der Waals surface area contributed by atoms with Gasteiger partial charge in [-0.1, -0.05) is 0 Å². The molecule has 0 amide bonds. The van der Waals surface area contributed by atoms with Gasteiger partial charge in [0.25, 0.3) is 0 Å². The minimum absolute atomic E-state index is 0.338. The van der Waals surface area contributed by atoms with Gasteiger partial charge in [0.15, 0.2) is 0 Å². The zero-order valence-corrected chi connectivity index (χ0v) is 5.35. The molecule has 1 heterocycles. The van der Waals surface area contributed by atoms with Gasteiger partial charge in [-0.05, 0) is 12.8 Å². The number of rotatable bonds is 1. The first-order valence-electron chi connectivity index (χ1n) is 3.33. The summed E-state index contributed by atoms with van der Waals surface area (Å²) in [6, 6.07) is 0. The first-order valence-corrected chi connectivity index (χ1v) is 3.33. The topological polar surface area (TPSA) is 12.4 Å². The zero-order chi connectivity index (χ0) is 7.19. The van der Waals surface area contributed by atoms with Gasteiger partial charge in [-0.15, -0.1) is 0 Å². The highest BCUT2D eigenvalue weighted by Crippen LogP contribution is 2.40. The Morgan fingerprint density at radius 1 is 1.50 bits per heavy atom. The largest absolute Gasteiger partial charge is 0.303 e. The van der Waals surface area contributed by atoms with Crippen molar-refractivity contribution in [3.63, 3.8) is 0 Å². The summed E-state index contributed by atoms with van der Waals surface area (Å²) in [7, 11) is 0. The second kappa shape index (κ2) is 1.65. The van der Waals surface area contributed by atoms with E-state index in [9.17, 15) is 8.78 Å². The number of hydrogen-bond donors (Lipinski definition) is 0. The third-order valence-electron chi connectivity index (χ3n) is 1.72. The number of aliphatic imine (C=N–C) groups is 1. The van der Waals surface area contributed by atoms with E-state index in [1.54, 1.807) is 0 Å². The van der Waals surface area contributed by atoms with Gasteiger partial charge in [-0.3, -0.25) is 4.99 Å². The summed E-state index contributed by atoms with van der Waals surface area (Å²) in [6.45, 7) is 0. The average Bonchev–Trinajstić information content (AvgIpc) is 2.59. The second-order valence-electron chi connectivity index (χ2n) is 2.78. The first-order chi connectivity index (χ1) is 4.67. The molecule has 10 heavy (non-hydrogen) atoms. The zero-order valence-electron chi connectivity index (χ0n) is 5.35. The van der Waals surface area contributed by atoms with Crippen LogP contribution in [0.15, 0.2) is 16.8 Å². The van der Waals surface area contributed by atoms with Crippen molar-refractivity contribution in [3.8, 4) is 0 Å². The molecule has 1 saturated carbocycles. The summed E-state index contributed by atoms with van der Waals surface area (Å²) in [5, 5.41) is 0. The van der Waals surface area contributed by atoms with Gasteiger partial charge in [0.2, 0.25) is 0 Å². The molecule has 1 aliphatic heterocycles. The van der Waals surface area contributed by atoms with E-state index in [1.165, 1.54) is 0 Å². The lowest BCUT2D eigenvalue weighted by Crippen LogP contribution is -2.09. The van der Waals surface area contributed by atoms with Crippen LogP contribution in [0.25, 0.3) is 0 Å². The van der Waals surface area contributed by atoms with Gasteiger partial charge in [0, 0.05) is 17.7 Å². The van der Waals surface area contributed by atoms with Gasteiger partial charge in [-0.25, -0.2) is 0 Å². The molecule has 0 saturated heterocycles. The van der Waals surface area contributed by atoms with Gasteiger partial charge < -0.3 is 0 Å². The number of hydrogen-bond acceptors (Lipinski definition) is 1. The van der Waals surface area contributed by atoms with Crippen LogP contribution in [0.1, 0.15) is 12.8 Å². The molecule has 1 fully saturated rings. The van der Waals surface area contributed by atoms with Crippen molar-refractivity contribution in [2.45, 2.75) is 18.8 Å². The third-order valence-corrected chi connectivity index (χ3v) is 1.72. The lowest BCUT2D eigenvalue weighted by molar-refractivity contribution is 0.142. The van der Waals surface area contributed by atoms with Crippen molar-refractivity contribution in [1.82, 2.24) is 0 Å². The predicted molar refractivity (Wildman–Crippen MR) is 34.2 cm³/mol. The fourth-order valence-corrected chi connectivity index (χ4v) is 1.03. The third kappa shape index (κ3) is 0.958. The maximum Gasteiger partial charge on any atom is 0.303 e. The van der Waals surface area contributed by atoms with E-state index in [4.69, 9.17) is 0 Å².